The van der Waals surface area contributed by atoms with Gasteiger partial charge in [0, 0.05) is 10.0 Å². The Kier molecular flexibility index (Phi) is 3.17. The van der Waals surface area contributed by atoms with Gasteiger partial charge in [0.15, 0.2) is 9.84 Å². The van der Waals surface area contributed by atoms with E-state index in [1.54, 1.807) is 22.9 Å². The number of carbonyl (C=O) groups is 1. The summed E-state index contributed by atoms with van der Waals surface area (Å²) in [6, 6.07) is 12.6. The summed E-state index contributed by atoms with van der Waals surface area (Å²) in [5, 5.41) is 8.48. The lowest BCUT2D eigenvalue weighted by Gasteiger charge is -2.33. The number of nitrogens with zero attached hydrogens (tertiary/aromatic N) is 4. The average molecular weight is 431 g/mol. The maximum atomic E-state index is 12.5. The molecule has 0 spiro atoms. The number of carbonyl (C=O) groups excluding carboxylic acids is 1. The molecule has 0 N–H and O–H groups in total. The van der Waals surface area contributed by atoms with Crippen LogP contribution in [0.2, 0.25) is 0 Å². The Morgan fingerprint density at radius 3 is 2.62 bits per heavy atom. The summed E-state index contributed by atoms with van der Waals surface area (Å²) < 4.78 is 27.6. The normalized spacial score (nSPS) is 17.0. The monoisotopic (exact) mass is 430 g/mol. The zero-order valence-electron chi connectivity index (χ0n) is 13.3. The van der Waals surface area contributed by atoms with Gasteiger partial charge in [0.2, 0.25) is 5.91 Å². The lowest BCUT2D eigenvalue weighted by Crippen LogP contribution is -2.42. The van der Waals surface area contributed by atoms with Crippen molar-refractivity contribution in [3.05, 3.63) is 52.6 Å². The van der Waals surface area contributed by atoms with Gasteiger partial charge < -0.3 is 4.90 Å². The van der Waals surface area contributed by atoms with Crippen LogP contribution < -0.4 is 4.90 Å². The molecule has 0 aliphatic carbocycles. The largest absolute Gasteiger partial charge is 0.303 e. The third-order valence-corrected chi connectivity index (χ3v) is 6.75. The molecule has 26 heavy (non-hydrogen) atoms. The molecule has 0 saturated heterocycles. The minimum absolute atomic E-state index is 0.184. The van der Waals surface area contributed by atoms with Gasteiger partial charge >= 0.3 is 0 Å². The Bertz CT molecular complexity index is 1190. The van der Waals surface area contributed by atoms with E-state index in [0.29, 0.717) is 22.6 Å². The molecule has 0 radical (unpaired) electrons. The third kappa shape index (κ3) is 2.10. The number of hydrogen-bond acceptors (Lipinski definition) is 5. The van der Waals surface area contributed by atoms with E-state index in [-0.39, 0.29) is 11.4 Å². The van der Waals surface area contributed by atoms with Crippen molar-refractivity contribution in [3.63, 3.8) is 0 Å². The van der Waals surface area contributed by atoms with Crippen LogP contribution in [-0.2, 0) is 21.2 Å². The molecule has 1 amide bonds. The third-order valence-electron chi connectivity index (χ3n) is 4.59. The molecule has 2 aliphatic rings. The quantitative estimate of drug-likeness (QED) is 0.591. The van der Waals surface area contributed by atoms with E-state index >= 15 is 0 Å². The van der Waals surface area contributed by atoms with Crippen LogP contribution in [0.5, 0.6) is 0 Å². The zero-order valence-corrected chi connectivity index (χ0v) is 15.7. The van der Waals surface area contributed by atoms with E-state index in [2.05, 4.69) is 26.2 Å². The Labute approximate surface area is 157 Å². The van der Waals surface area contributed by atoms with Gasteiger partial charge in [-0.05, 0) is 30.3 Å². The number of halogens is 1. The molecule has 7 nitrogen and oxygen atoms in total. The highest BCUT2D eigenvalue weighted by Crippen LogP contribution is 2.45. The highest BCUT2D eigenvalue weighted by atomic mass is 79.9. The SMILES string of the molecule is O=C1CS(=O)(=O)c2cccc3c2N1Cc1nnn(-c2ccc(Br)cc2)c1-3. The van der Waals surface area contributed by atoms with Crippen molar-refractivity contribution in [2.24, 2.45) is 0 Å². The minimum atomic E-state index is -3.64. The molecular weight excluding hydrogens is 420 g/mol. The van der Waals surface area contributed by atoms with Gasteiger partial charge in [-0.2, -0.15) is 0 Å². The van der Waals surface area contributed by atoms with Crippen molar-refractivity contribution in [2.45, 2.75) is 11.4 Å². The van der Waals surface area contributed by atoms with Crippen molar-refractivity contribution < 1.29 is 13.2 Å². The second-order valence-electron chi connectivity index (χ2n) is 6.16. The maximum absolute atomic E-state index is 12.5. The standard InChI is InChI=1S/C17H11BrN4O3S/c18-10-4-6-11(7-5-10)22-16-12-2-1-3-14-17(12)21(8-13(16)19-20-22)15(23)9-26(14,24)25/h1-7H,8-9H2. The zero-order chi connectivity index (χ0) is 18.1. The Morgan fingerprint density at radius 2 is 1.85 bits per heavy atom. The van der Waals surface area contributed by atoms with Crippen molar-refractivity contribution in [2.75, 3.05) is 10.7 Å². The molecule has 0 atom stereocenters. The molecular formula is C17H11BrN4O3S. The van der Waals surface area contributed by atoms with Gasteiger partial charge in [-0.25, -0.2) is 13.1 Å². The number of aromatic nitrogens is 3. The van der Waals surface area contributed by atoms with Crippen molar-refractivity contribution in [3.8, 4) is 16.9 Å². The number of anilines is 1. The Morgan fingerprint density at radius 1 is 1.08 bits per heavy atom. The van der Waals surface area contributed by atoms with E-state index in [0.717, 1.165) is 10.2 Å². The number of rotatable bonds is 1. The van der Waals surface area contributed by atoms with Crippen LogP contribution in [0.25, 0.3) is 16.9 Å². The fourth-order valence-electron chi connectivity index (χ4n) is 3.45. The number of sulfone groups is 1. The fourth-order valence-corrected chi connectivity index (χ4v) is 5.16. The lowest BCUT2D eigenvalue weighted by atomic mass is 10.0. The summed E-state index contributed by atoms with van der Waals surface area (Å²) in [5.74, 6) is -0.951. The van der Waals surface area contributed by atoms with E-state index in [1.807, 2.05) is 24.3 Å². The lowest BCUT2D eigenvalue weighted by molar-refractivity contribution is -0.116. The number of amides is 1. The average Bonchev–Trinajstić information content (AvgIpc) is 3.04. The molecule has 130 valence electrons. The fraction of sp³-hybridized carbons (Fsp3) is 0.118. The van der Waals surface area contributed by atoms with Crippen LogP contribution in [0.3, 0.4) is 0 Å². The maximum Gasteiger partial charge on any atom is 0.242 e. The first-order valence-corrected chi connectivity index (χ1v) is 10.3. The van der Waals surface area contributed by atoms with E-state index < -0.39 is 21.5 Å². The predicted molar refractivity (Wildman–Crippen MR) is 97.7 cm³/mol. The van der Waals surface area contributed by atoms with E-state index in [4.69, 9.17) is 0 Å². The number of para-hydroxylation sites is 1. The van der Waals surface area contributed by atoms with Crippen LogP contribution in [0, 0.1) is 0 Å². The molecule has 0 bridgehead atoms. The van der Waals surface area contributed by atoms with E-state index in [9.17, 15) is 13.2 Å². The molecule has 0 saturated carbocycles. The molecule has 5 rings (SSSR count). The van der Waals surface area contributed by atoms with Gasteiger partial charge in [-0.15, -0.1) is 5.10 Å². The van der Waals surface area contributed by atoms with Gasteiger partial charge in [-0.1, -0.05) is 33.3 Å². The first-order valence-electron chi connectivity index (χ1n) is 7.83. The Balaban J connectivity index is 1.81. The van der Waals surface area contributed by atoms with Gasteiger partial charge in [0.25, 0.3) is 0 Å². The molecule has 9 heteroatoms. The predicted octanol–water partition coefficient (Wildman–Crippen LogP) is 2.33. The summed E-state index contributed by atoms with van der Waals surface area (Å²) in [6.07, 6.45) is 0. The highest BCUT2D eigenvalue weighted by molar-refractivity contribution is 9.10. The highest BCUT2D eigenvalue weighted by Gasteiger charge is 2.41. The summed E-state index contributed by atoms with van der Waals surface area (Å²) >= 11 is 3.41. The van der Waals surface area contributed by atoms with Crippen LogP contribution >= 0.6 is 15.9 Å². The summed E-state index contributed by atoms with van der Waals surface area (Å²) in [6.45, 7) is 0.213. The number of fused-ring (bicyclic) bond motifs is 2. The van der Waals surface area contributed by atoms with Crippen molar-refractivity contribution in [1.82, 2.24) is 15.0 Å². The molecule has 3 aromatic rings. The van der Waals surface area contributed by atoms with Crippen LogP contribution in [-0.4, -0.2) is 35.1 Å². The number of benzene rings is 2. The van der Waals surface area contributed by atoms with Crippen molar-refractivity contribution in [1.29, 1.82) is 0 Å². The topological polar surface area (TPSA) is 85.2 Å². The first-order chi connectivity index (χ1) is 12.5. The van der Waals surface area contributed by atoms with Crippen LogP contribution in [0.1, 0.15) is 5.69 Å². The van der Waals surface area contributed by atoms with Crippen molar-refractivity contribution >= 4 is 37.4 Å². The summed E-state index contributed by atoms with van der Waals surface area (Å²) in [5.41, 5.74) is 3.23. The number of hydrogen-bond donors (Lipinski definition) is 0. The smallest absolute Gasteiger partial charge is 0.242 e. The van der Waals surface area contributed by atoms with Gasteiger partial charge in [0.1, 0.15) is 17.1 Å². The summed E-state index contributed by atoms with van der Waals surface area (Å²) in [7, 11) is -3.64. The first kappa shape index (κ1) is 15.7. The molecule has 1 aromatic heterocycles. The second kappa shape index (κ2) is 5.24. The molecule has 0 fully saturated rings. The van der Waals surface area contributed by atoms with E-state index in [1.165, 1.54) is 4.90 Å². The van der Waals surface area contributed by atoms with Gasteiger partial charge in [0.05, 0.1) is 22.8 Å². The Hall–Kier alpha value is -2.52. The minimum Gasteiger partial charge on any atom is -0.303 e. The molecule has 0 unspecified atom stereocenters. The van der Waals surface area contributed by atoms with Gasteiger partial charge in [-0.3, -0.25) is 4.79 Å². The molecule has 2 aliphatic heterocycles. The summed E-state index contributed by atoms with van der Waals surface area (Å²) in [4.78, 5) is 14.1. The molecule has 2 aromatic carbocycles. The van der Waals surface area contributed by atoms with Crippen LogP contribution in [0.15, 0.2) is 51.8 Å². The molecule has 3 heterocycles. The second-order valence-corrected chi connectivity index (χ2v) is 9.04. The van der Waals surface area contributed by atoms with Crippen LogP contribution in [0.4, 0.5) is 5.69 Å².